The summed E-state index contributed by atoms with van der Waals surface area (Å²) in [5, 5.41) is 2.88. The standard InChI is InChI=1S/C18H23N3O5S/c1-11(18(23)26-12(2)17(22)20-13-7-3-4-8-13)19-16-14-9-5-6-10-15(14)27(24,25)21-16/h5-6,9-13H,3-4,7-8H2,1-2H3,(H,19,21)(H,20,22)/t11-,12+/m0/s1. The van der Waals surface area contributed by atoms with Gasteiger partial charge in [-0.25, -0.2) is 13.2 Å². The molecule has 3 rings (SSSR count). The average molecular weight is 393 g/mol. The van der Waals surface area contributed by atoms with Crippen molar-refractivity contribution in [2.75, 3.05) is 0 Å². The van der Waals surface area contributed by atoms with Gasteiger partial charge in [-0.1, -0.05) is 25.0 Å². The Morgan fingerprint density at radius 1 is 1.22 bits per heavy atom. The summed E-state index contributed by atoms with van der Waals surface area (Å²) in [7, 11) is -3.67. The molecule has 1 aromatic rings. The molecule has 0 aromatic heterocycles. The van der Waals surface area contributed by atoms with Crippen molar-refractivity contribution >= 4 is 27.7 Å². The van der Waals surface area contributed by atoms with Gasteiger partial charge in [0.25, 0.3) is 15.9 Å². The lowest BCUT2D eigenvalue weighted by Gasteiger charge is -2.18. The fraction of sp³-hybridized carbons (Fsp3) is 0.500. The molecule has 9 heteroatoms. The van der Waals surface area contributed by atoms with Gasteiger partial charge in [-0.2, -0.15) is 0 Å². The quantitative estimate of drug-likeness (QED) is 0.727. The van der Waals surface area contributed by atoms with Crippen LogP contribution in [0, 0.1) is 0 Å². The number of sulfonamides is 1. The van der Waals surface area contributed by atoms with E-state index in [1.807, 2.05) is 0 Å². The van der Waals surface area contributed by atoms with Crippen LogP contribution < -0.4 is 10.0 Å². The highest BCUT2D eigenvalue weighted by molar-refractivity contribution is 7.90. The minimum Gasteiger partial charge on any atom is -0.451 e. The van der Waals surface area contributed by atoms with Crippen LogP contribution in [0.5, 0.6) is 0 Å². The number of aliphatic imine (C=N–C) groups is 1. The molecule has 2 N–H and O–H groups in total. The van der Waals surface area contributed by atoms with Gasteiger partial charge in [0.2, 0.25) is 0 Å². The largest absolute Gasteiger partial charge is 0.451 e. The van der Waals surface area contributed by atoms with Crippen LogP contribution in [0.4, 0.5) is 0 Å². The Bertz CT molecular complexity index is 875. The first kappa shape index (κ1) is 19.3. The molecule has 1 aliphatic carbocycles. The molecule has 0 saturated heterocycles. The number of amidine groups is 1. The second-order valence-electron chi connectivity index (χ2n) is 6.82. The van der Waals surface area contributed by atoms with Crippen LogP contribution in [0.25, 0.3) is 0 Å². The van der Waals surface area contributed by atoms with Gasteiger partial charge in [0.05, 0.1) is 4.90 Å². The number of fused-ring (bicyclic) bond motifs is 1. The maximum absolute atomic E-state index is 12.3. The lowest BCUT2D eigenvalue weighted by Crippen LogP contribution is -2.41. The molecule has 2 aliphatic rings. The summed E-state index contributed by atoms with van der Waals surface area (Å²) >= 11 is 0. The summed E-state index contributed by atoms with van der Waals surface area (Å²) in [4.78, 5) is 28.7. The molecule has 1 heterocycles. The van der Waals surface area contributed by atoms with Crippen molar-refractivity contribution in [2.45, 2.75) is 62.6 Å². The first-order valence-electron chi connectivity index (χ1n) is 8.99. The molecular formula is C18H23N3O5S. The summed E-state index contributed by atoms with van der Waals surface area (Å²) in [6.07, 6.45) is 3.12. The Kier molecular flexibility index (Phi) is 5.50. The van der Waals surface area contributed by atoms with Crippen LogP contribution in [0.1, 0.15) is 45.1 Å². The predicted molar refractivity (Wildman–Crippen MR) is 98.7 cm³/mol. The molecule has 146 valence electrons. The number of carbonyl (C=O) groups is 2. The van der Waals surface area contributed by atoms with Crippen LogP contribution in [0.15, 0.2) is 34.2 Å². The highest BCUT2D eigenvalue weighted by Crippen LogP contribution is 2.22. The summed E-state index contributed by atoms with van der Waals surface area (Å²) in [5.41, 5.74) is 0.407. The van der Waals surface area contributed by atoms with Gasteiger partial charge in [-0.05, 0) is 38.8 Å². The van der Waals surface area contributed by atoms with E-state index in [4.69, 9.17) is 4.74 Å². The molecule has 8 nitrogen and oxygen atoms in total. The fourth-order valence-corrected chi connectivity index (χ4v) is 4.43. The predicted octanol–water partition coefficient (Wildman–Crippen LogP) is 1.10. The minimum atomic E-state index is -3.67. The number of hydrogen-bond donors (Lipinski definition) is 2. The van der Waals surface area contributed by atoms with Crippen LogP contribution >= 0.6 is 0 Å². The third-order valence-corrected chi connectivity index (χ3v) is 6.09. The van der Waals surface area contributed by atoms with E-state index in [-0.39, 0.29) is 22.7 Å². The number of nitrogens with one attached hydrogen (secondary N) is 2. The zero-order valence-corrected chi connectivity index (χ0v) is 16.1. The molecule has 0 radical (unpaired) electrons. The maximum Gasteiger partial charge on any atom is 0.331 e. The van der Waals surface area contributed by atoms with E-state index in [2.05, 4.69) is 15.0 Å². The molecule has 27 heavy (non-hydrogen) atoms. The number of amides is 1. The van der Waals surface area contributed by atoms with Gasteiger partial charge in [-0.15, -0.1) is 0 Å². The van der Waals surface area contributed by atoms with Gasteiger partial charge in [0.15, 0.2) is 6.10 Å². The molecular weight excluding hydrogens is 370 g/mol. The van der Waals surface area contributed by atoms with Crippen molar-refractivity contribution in [3.8, 4) is 0 Å². The summed E-state index contributed by atoms with van der Waals surface area (Å²) in [5.74, 6) is -0.930. The number of esters is 1. The fourth-order valence-electron chi connectivity index (χ4n) is 3.19. The van der Waals surface area contributed by atoms with Crippen LogP contribution in [-0.4, -0.2) is 44.3 Å². The third-order valence-electron chi connectivity index (χ3n) is 4.69. The van der Waals surface area contributed by atoms with Crippen molar-refractivity contribution in [1.82, 2.24) is 10.0 Å². The molecule has 1 aromatic carbocycles. The first-order valence-corrected chi connectivity index (χ1v) is 10.5. The van der Waals surface area contributed by atoms with E-state index in [9.17, 15) is 18.0 Å². The summed E-state index contributed by atoms with van der Waals surface area (Å²) in [6, 6.07) is 5.56. The Labute approximate surface area is 158 Å². The molecule has 1 aliphatic heterocycles. The van der Waals surface area contributed by atoms with Gasteiger partial charge in [0, 0.05) is 11.6 Å². The Hall–Kier alpha value is -2.42. The Balaban J connectivity index is 1.64. The number of ether oxygens (including phenoxy) is 1. The zero-order valence-electron chi connectivity index (χ0n) is 15.3. The Morgan fingerprint density at radius 2 is 1.89 bits per heavy atom. The highest BCUT2D eigenvalue weighted by atomic mass is 32.2. The van der Waals surface area contributed by atoms with Gasteiger partial charge >= 0.3 is 5.97 Å². The highest BCUT2D eigenvalue weighted by Gasteiger charge is 2.32. The van der Waals surface area contributed by atoms with Crippen LogP contribution in [0.3, 0.4) is 0 Å². The zero-order chi connectivity index (χ0) is 19.6. The van der Waals surface area contributed by atoms with E-state index in [0.717, 1.165) is 25.7 Å². The van der Waals surface area contributed by atoms with Crippen molar-refractivity contribution in [1.29, 1.82) is 0 Å². The van der Waals surface area contributed by atoms with Gasteiger partial charge < -0.3 is 10.1 Å². The Morgan fingerprint density at radius 3 is 2.59 bits per heavy atom. The van der Waals surface area contributed by atoms with Gasteiger partial charge in [0.1, 0.15) is 11.9 Å². The van der Waals surface area contributed by atoms with E-state index in [1.165, 1.54) is 19.9 Å². The smallest absolute Gasteiger partial charge is 0.331 e. The molecule has 1 fully saturated rings. The molecule has 2 atom stereocenters. The maximum atomic E-state index is 12.3. The van der Waals surface area contributed by atoms with Crippen LogP contribution in [0.2, 0.25) is 0 Å². The lowest BCUT2D eigenvalue weighted by atomic mass is 10.2. The second kappa shape index (κ2) is 7.67. The van der Waals surface area contributed by atoms with Crippen molar-refractivity contribution < 1.29 is 22.7 Å². The first-order chi connectivity index (χ1) is 12.8. The van der Waals surface area contributed by atoms with Crippen molar-refractivity contribution in [2.24, 2.45) is 4.99 Å². The normalized spacial score (nSPS) is 21.9. The average Bonchev–Trinajstić information content (AvgIpc) is 3.21. The van der Waals surface area contributed by atoms with E-state index in [0.29, 0.717) is 5.56 Å². The SMILES string of the molecule is C[C@H](N=C1NS(=O)(=O)c2ccccc21)C(=O)O[C@H](C)C(=O)NC1CCCC1. The second-order valence-corrected chi connectivity index (χ2v) is 8.48. The topological polar surface area (TPSA) is 114 Å². The summed E-state index contributed by atoms with van der Waals surface area (Å²) < 4.78 is 31.7. The molecule has 0 bridgehead atoms. The number of carbonyl (C=O) groups excluding carboxylic acids is 2. The number of benzene rings is 1. The van der Waals surface area contributed by atoms with Crippen molar-refractivity contribution in [3.05, 3.63) is 29.8 Å². The van der Waals surface area contributed by atoms with E-state index in [1.54, 1.807) is 18.2 Å². The van der Waals surface area contributed by atoms with Gasteiger partial charge in [-0.3, -0.25) is 14.5 Å². The monoisotopic (exact) mass is 393 g/mol. The molecule has 1 saturated carbocycles. The molecule has 0 unspecified atom stereocenters. The van der Waals surface area contributed by atoms with Crippen LogP contribution in [-0.2, 0) is 24.3 Å². The number of nitrogens with zero attached hydrogens (tertiary/aromatic N) is 1. The summed E-state index contributed by atoms with van der Waals surface area (Å²) in [6.45, 7) is 3.00. The molecule has 0 spiro atoms. The molecule has 1 amide bonds. The van der Waals surface area contributed by atoms with E-state index >= 15 is 0 Å². The number of hydrogen-bond acceptors (Lipinski definition) is 6. The van der Waals surface area contributed by atoms with Crippen molar-refractivity contribution in [3.63, 3.8) is 0 Å². The lowest BCUT2D eigenvalue weighted by molar-refractivity contribution is -0.155. The number of rotatable bonds is 5. The minimum absolute atomic E-state index is 0.0955. The van der Waals surface area contributed by atoms with E-state index < -0.39 is 28.1 Å². The third kappa shape index (κ3) is 4.29.